The summed E-state index contributed by atoms with van der Waals surface area (Å²) < 4.78 is 41.3. The van der Waals surface area contributed by atoms with Gasteiger partial charge in [0.2, 0.25) is 0 Å². The van der Waals surface area contributed by atoms with Crippen molar-refractivity contribution in [2.75, 3.05) is 0 Å². The van der Waals surface area contributed by atoms with Crippen LogP contribution in [0.25, 0.3) is 0 Å². The topological polar surface area (TPSA) is 55.9 Å². The summed E-state index contributed by atoms with van der Waals surface area (Å²) in [5.74, 6) is 1.48. The van der Waals surface area contributed by atoms with E-state index >= 15 is 0 Å². The molecule has 1 aromatic carbocycles. The second kappa shape index (κ2) is 6.06. The van der Waals surface area contributed by atoms with Crippen LogP contribution in [0.2, 0.25) is 0 Å². The first-order chi connectivity index (χ1) is 9.58. The van der Waals surface area contributed by atoms with Crippen LogP contribution in [-0.2, 0) is 6.54 Å². The van der Waals surface area contributed by atoms with Crippen LogP contribution in [0.4, 0.5) is 13.2 Å². The molecule has 0 fully saturated rings. The number of halogens is 3. The van der Waals surface area contributed by atoms with Crippen molar-refractivity contribution in [3.63, 3.8) is 0 Å². The molecule has 1 unspecified atom stereocenters. The van der Waals surface area contributed by atoms with Crippen molar-refractivity contribution >= 4 is 0 Å². The summed E-state index contributed by atoms with van der Waals surface area (Å²) in [6.07, 6.45) is 2.42. The monoisotopic (exact) mass is 284 g/mol. The molecule has 0 aliphatic carbocycles. The van der Waals surface area contributed by atoms with Gasteiger partial charge in [-0.1, -0.05) is 6.92 Å². The number of hydrazine groups is 1. The van der Waals surface area contributed by atoms with Gasteiger partial charge in [-0.2, -0.15) is 5.10 Å². The Morgan fingerprint density at radius 3 is 2.50 bits per heavy atom. The number of nitrogens with two attached hydrogens (primary N) is 1. The van der Waals surface area contributed by atoms with Crippen molar-refractivity contribution < 1.29 is 13.2 Å². The second-order valence-electron chi connectivity index (χ2n) is 4.38. The van der Waals surface area contributed by atoms with Gasteiger partial charge in [0.1, 0.15) is 0 Å². The Hall–Kier alpha value is -1.86. The molecule has 1 atom stereocenters. The molecule has 2 rings (SSSR count). The third-order valence-electron chi connectivity index (χ3n) is 2.99. The predicted molar refractivity (Wildman–Crippen MR) is 68.0 cm³/mol. The molecule has 1 heterocycles. The van der Waals surface area contributed by atoms with Crippen LogP contribution < -0.4 is 11.3 Å². The maximum absolute atomic E-state index is 13.3. The maximum atomic E-state index is 13.3. The summed E-state index contributed by atoms with van der Waals surface area (Å²) in [5, 5.41) is 4.12. The highest BCUT2D eigenvalue weighted by molar-refractivity contribution is 5.29. The highest BCUT2D eigenvalue weighted by Gasteiger charge is 2.20. The van der Waals surface area contributed by atoms with Gasteiger partial charge in [0.15, 0.2) is 17.5 Å². The third-order valence-corrected chi connectivity index (χ3v) is 2.99. The highest BCUT2D eigenvalue weighted by atomic mass is 19.2. The number of aromatic nitrogens is 2. The van der Waals surface area contributed by atoms with Crippen molar-refractivity contribution in [1.82, 2.24) is 15.2 Å². The van der Waals surface area contributed by atoms with Crippen LogP contribution in [0.5, 0.6) is 0 Å². The molecule has 0 radical (unpaired) electrons. The molecule has 108 valence electrons. The maximum Gasteiger partial charge on any atom is 0.194 e. The minimum atomic E-state index is -1.49. The second-order valence-corrected chi connectivity index (χ2v) is 4.38. The molecule has 3 N–H and O–H groups in total. The van der Waals surface area contributed by atoms with Crippen molar-refractivity contribution in [2.45, 2.75) is 25.9 Å². The average molecular weight is 284 g/mol. The molecule has 20 heavy (non-hydrogen) atoms. The van der Waals surface area contributed by atoms with Gasteiger partial charge in [0.25, 0.3) is 0 Å². The molecule has 0 amide bonds. The Labute approximate surface area is 114 Å². The zero-order valence-corrected chi connectivity index (χ0v) is 10.9. The standard InChI is InChI=1S/C13H15F3N4/c1-2-5-20-11(3-4-18-20)13(19-17)8-6-9(14)12(16)10(15)7-8/h3-4,6-7,13,19H,2,5,17H2,1H3. The number of hydrogen-bond acceptors (Lipinski definition) is 3. The van der Waals surface area contributed by atoms with Crippen molar-refractivity contribution in [3.05, 3.63) is 53.1 Å². The fourth-order valence-corrected chi connectivity index (χ4v) is 2.08. The van der Waals surface area contributed by atoms with Gasteiger partial charge in [0.05, 0.1) is 11.7 Å². The Morgan fingerprint density at radius 1 is 1.30 bits per heavy atom. The molecule has 7 heteroatoms. The Bertz CT molecular complexity index is 574. The number of nitrogens with zero attached hydrogens (tertiary/aromatic N) is 2. The van der Waals surface area contributed by atoms with Crippen LogP contribution in [0.3, 0.4) is 0 Å². The number of benzene rings is 1. The van der Waals surface area contributed by atoms with E-state index in [1.54, 1.807) is 16.9 Å². The summed E-state index contributed by atoms with van der Waals surface area (Å²) >= 11 is 0. The van der Waals surface area contributed by atoms with Gasteiger partial charge in [0, 0.05) is 12.7 Å². The van der Waals surface area contributed by atoms with Gasteiger partial charge < -0.3 is 0 Å². The number of nitrogens with one attached hydrogen (secondary N) is 1. The summed E-state index contributed by atoms with van der Waals surface area (Å²) in [4.78, 5) is 0. The number of hydrogen-bond donors (Lipinski definition) is 2. The van der Waals surface area contributed by atoms with E-state index in [-0.39, 0.29) is 5.56 Å². The van der Waals surface area contributed by atoms with Gasteiger partial charge in [-0.25, -0.2) is 18.6 Å². The van der Waals surface area contributed by atoms with Gasteiger partial charge in [-0.05, 0) is 30.2 Å². The zero-order valence-electron chi connectivity index (χ0n) is 10.9. The van der Waals surface area contributed by atoms with Crippen molar-refractivity contribution in [3.8, 4) is 0 Å². The van der Waals surface area contributed by atoms with E-state index in [1.165, 1.54) is 0 Å². The largest absolute Gasteiger partial charge is 0.271 e. The Balaban J connectivity index is 2.44. The van der Waals surface area contributed by atoms with Crippen LogP contribution in [0, 0.1) is 17.5 Å². The van der Waals surface area contributed by atoms with E-state index in [4.69, 9.17) is 5.84 Å². The van der Waals surface area contributed by atoms with Gasteiger partial charge in [-0.3, -0.25) is 10.5 Å². The quantitative estimate of drug-likeness (QED) is 0.503. The lowest BCUT2D eigenvalue weighted by Gasteiger charge is -2.18. The van der Waals surface area contributed by atoms with Gasteiger partial charge in [-0.15, -0.1) is 0 Å². The highest BCUT2D eigenvalue weighted by Crippen LogP contribution is 2.24. The van der Waals surface area contributed by atoms with E-state index in [0.717, 1.165) is 18.6 Å². The molecule has 0 saturated carbocycles. The third kappa shape index (κ3) is 2.68. The summed E-state index contributed by atoms with van der Waals surface area (Å²) in [6, 6.07) is 2.87. The molecule has 4 nitrogen and oxygen atoms in total. The van der Waals surface area contributed by atoms with Crippen LogP contribution in [-0.4, -0.2) is 9.78 Å². The molecule has 0 spiro atoms. The zero-order chi connectivity index (χ0) is 14.7. The van der Waals surface area contributed by atoms with E-state index in [1.807, 2.05) is 6.92 Å². The smallest absolute Gasteiger partial charge is 0.194 e. The predicted octanol–water partition coefficient (Wildman–Crippen LogP) is 2.26. The summed E-state index contributed by atoms with van der Waals surface area (Å²) in [6.45, 7) is 2.63. The minimum Gasteiger partial charge on any atom is -0.271 e. The molecule has 2 aromatic rings. The molecule has 0 bridgehead atoms. The minimum absolute atomic E-state index is 0.196. The average Bonchev–Trinajstić information content (AvgIpc) is 2.86. The van der Waals surface area contributed by atoms with Crippen LogP contribution >= 0.6 is 0 Å². The van der Waals surface area contributed by atoms with Crippen molar-refractivity contribution in [2.24, 2.45) is 5.84 Å². The lowest BCUT2D eigenvalue weighted by Crippen LogP contribution is -2.31. The van der Waals surface area contributed by atoms with Crippen LogP contribution in [0.15, 0.2) is 24.4 Å². The molecule has 0 aliphatic heterocycles. The first-order valence-electron chi connectivity index (χ1n) is 6.20. The van der Waals surface area contributed by atoms with E-state index in [9.17, 15) is 13.2 Å². The normalized spacial score (nSPS) is 12.7. The SMILES string of the molecule is CCCn1nccc1C(NN)c1cc(F)c(F)c(F)c1. The number of aryl methyl sites for hydroxylation is 1. The lowest BCUT2D eigenvalue weighted by atomic mass is 10.0. The van der Waals surface area contributed by atoms with Gasteiger partial charge >= 0.3 is 0 Å². The van der Waals surface area contributed by atoms with E-state index in [0.29, 0.717) is 12.2 Å². The summed E-state index contributed by atoms with van der Waals surface area (Å²) in [5.41, 5.74) is 3.33. The fourth-order valence-electron chi connectivity index (χ4n) is 2.08. The summed E-state index contributed by atoms with van der Waals surface area (Å²) in [7, 11) is 0. The first-order valence-corrected chi connectivity index (χ1v) is 6.20. The Morgan fingerprint density at radius 2 is 1.95 bits per heavy atom. The Kier molecular flexibility index (Phi) is 4.41. The van der Waals surface area contributed by atoms with E-state index in [2.05, 4.69) is 10.5 Å². The fraction of sp³-hybridized carbons (Fsp3) is 0.308. The molecule has 0 aliphatic rings. The molecule has 1 aromatic heterocycles. The molecular weight excluding hydrogens is 269 g/mol. The van der Waals surface area contributed by atoms with E-state index < -0.39 is 23.5 Å². The number of rotatable bonds is 5. The van der Waals surface area contributed by atoms with Crippen LogP contribution in [0.1, 0.15) is 30.6 Å². The first kappa shape index (κ1) is 14.5. The lowest BCUT2D eigenvalue weighted by molar-refractivity contribution is 0.440. The molecule has 0 saturated heterocycles. The molecular formula is C13H15F3N4. The van der Waals surface area contributed by atoms with Crippen molar-refractivity contribution in [1.29, 1.82) is 0 Å².